The maximum Gasteiger partial charge on any atom is 0.228 e. The molecular formula is C12H18N2O3. The van der Waals surface area contributed by atoms with E-state index in [2.05, 4.69) is 5.32 Å². The van der Waals surface area contributed by atoms with E-state index in [0.717, 1.165) is 5.56 Å². The molecule has 5 nitrogen and oxygen atoms in total. The highest BCUT2D eigenvalue weighted by Crippen LogP contribution is 2.30. The minimum absolute atomic E-state index is 0.140. The van der Waals surface area contributed by atoms with Crippen molar-refractivity contribution in [2.45, 2.75) is 5.92 Å². The molecule has 0 fully saturated rings. The molecule has 5 heteroatoms. The molecule has 0 radical (unpaired) electrons. The largest absolute Gasteiger partial charge is 0.497 e. The van der Waals surface area contributed by atoms with Crippen LogP contribution in [0.4, 0.5) is 0 Å². The van der Waals surface area contributed by atoms with Gasteiger partial charge in [-0.05, 0) is 18.2 Å². The lowest BCUT2D eigenvalue weighted by atomic mass is 9.97. The second-order valence-electron chi connectivity index (χ2n) is 3.51. The molecule has 0 saturated carbocycles. The van der Waals surface area contributed by atoms with E-state index in [1.54, 1.807) is 39.5 Å². The molecule has 0 spiro atoms. The van der Waals surface area contributed by atoms with E-state index in [4.69, 9.17) is 15.2 Å². The summed E-state index contributed by atoms with van der Waals surface area (Å²) in [4.78, 5) is 11.7. The van der Waals surface area contributed by atoms with Gasteiger partial charge in [0.2, 0.25) is 5.91 Å². The average molecular weight is 238 g/mol. The van der Waals surface area contributed by atoms with Crippen LogP contribution in [0.2, 0.25) is 0 Å². The smallest absolute Gasteiger partial charge is 0.228 e. The molecule has 0 bridgehead atoms. The standard InChI is InChI=1S/C12H18N2O3/c1-14-12(15)10(7-13)9-6-8(16-2)4-5-11(9)17-3/h4-6,10H,7,13H2,1-3H3,(H,14,15). The lowest BCUT2D eigenvalue weighted by molar-refractivity contribution is -0.121. The normalized spacial score (nSPS) is 11.8. The molecule has 0 aliphatic rings. The number of carbonyl (C=O) groups excluding carboxylic acids is 1. The zero-order chi connectivity index (χ0) is 12.8. The summed E-state index contributed by atoms with van der Waals surface area (Å²) >= 11 is 0. The van der Waals surface area contributed by atoms with E-state index >= 15 is 0 Å². The van der Waals surface area contributed by atoms with E-state index in [1.165, 1.54) is 0 Å². The number of nitrogens with one attached hydrogen (secondary N) is 1. The molecule has 1 amide bonds. The van der Waals surface area contributed by atoms with Crippen LogP contribution in [0.3, 0.4) is 0 Å². The number of hydrogen-bond acceptors (Lipinski definition) is 4. The third-order valence-electron chi connectivity index (χ3n) is 2.61. The predicted octanol–water partition coefficient (Wildman–Crippen LogP) is 0.492. The number of hydrogen-bond donors (Lipinski definition) is 2. The minimum Gasteiger partial charge on any atom is -0.497 e. The van der Waals surface area contributed by atoms with Crippen molar-refractivity contribution in [3.05, 3.63) is 23.8 Å². The van der Waals surface area contributed by atoms with Crippen LogP contribution in [-0.4, -0.2) is 33.7 Å². The molecule has 1 rings (SSSR count). The highest BCUT2D eigenvalue weighted by molar-refractivity contribution is 5.84. The van der Waals surface area contributed by atoms with Crippen LogP contribution >= 0.6 is 0 Å². The summed E-state index contributed by atoms with van der Waals surface area (Å²) in [6.07, 6.45) is 0. The van der Waals surface area contributed by atoms with Gasteiger partial charge in [0.15, 0.2) is 0 Å². The SMILES string of the molecule is CNC(=O)C(CN)c1cc(OC)ccc1OC. The number of methoxy groups -OCH3 is 2. The second kappa shape index (κ2) is 6.10. The number of carbonyl (C=O) groups is 1. The third-order valence-corrected chi connectivity index (χ3v) is 2.61. The number of benzene rings is 1. The van der Waals surface area contributed by atoms with Crippen LogP contribution in [0.25, 0.3) is 0 Å². The molecule has 0 aliphatic carbocycles. The van der Waals surface area contributed by atoms with Crippen LogP contribution in [0.1, 0.15) is 11.5 Å². The van der Waals surface area contributed by atoms with Crippen LogP contribution < -0.4 is 20.5 Å². The van der Waals surface area contributed by atoms with Gasteiger partial charge >= 0.3 is 0 Å². The zero-order valence-corrected chi connectivity index (χ0v) is 10.3. The Balaban J connectivity index is 3.19. The van der Waals surface area contributed by atoms with Crippen LogP contribution in [-0.2, 0) is 4.79 Å². The third kappa shape index (κ3) is 2.88. The summed E-state index contributed by atoms with van der Waals surface area (Å²) in [5.74, 6) is 0.720. The van der Waals surface area contributed by atoms with E-state index in [0.29, 0.717) is 11.5 Å². The fraction of sp³-hybridized carbons (Fsp3) is 0.417. The molecule has 0 aromatic heterocycles. The molecule has 1 aromatic rings. The van der Waals surface area contributed by atoms with E-state index < -0.39 is 5.92 Å². The Kier molecular flexibility index (Phi) is 4.78. The summed E-state index contributed by atoms with van der Waals surface area (Å²) in [5.41, 5.74) is 6.37. The fourth-order valence-corrected chi connectivity index (χ4v) is 1.66. The highest BCUT2D eigenvalue weighted by Gasteiger charge is 2.22. The fourth-order valence-electron chi connectivity index (χ4n) is 1.66. The zero-order valence-electron chi connectivity index (χ0n) is 10.3. The molecule has 3 N–H and O–H groups in total. The first-order chi connectivity index (χ1) is 8.17. The van der Waals surface area contributed by atoms with Gasteiger partial charge in [0.1, 0.15) is 11.5 Å². The lowest BCUT2D eigenvalue weighted by Crippen LogP contribution is -2.31. The highest BCUT2D eigenvalue weighted by atomic mass is 16.5. The summed E-state index contributed by atoms with van der Waals surface area (Å²) < 4.78 is 10.4. The topological polar surface area (TPSA) is 73.6 Å². The van der Waals surface area contributed by atoms with Crippen molar-refractivity contribution in [1.29, 1.82) is 0 Å². The molecule has 0 heterocycles. The Morgan fingerprint density at radius 1 is 1.41 bits per heavy atom. The van der Waals surface area contributed by atoms with Gasteiger partial charge < -0.3 is 20.5 Å². The van der Waals surface area contributed by atoms with Crippen LogP contribution in [0.15, 0.2) is 18.2 Å². The van der Waals surface area contributed by atoms with Crippen molar-refractivity contribution in [1.82, 2.24) is 5.32 Å². The quantitative estimate of drug-likeness (QED) is 0.783. The van der Waals surface area contributed by atoms with Crippen molar-refractivity contribution < 1.29 is 14.3 Å². The lowest BCUT2D eigenvalue weighted by Gasteiger charge is -2.17. The Labute approximate surface area is 101 Å². The van der Waals surface area contributed by atoms with Crippen LogP contribution in [0.5, 0.6) is 11.5 Å². The number of amides is 1. The second-order valence-corrected chi connectivity index (χ2v) is 3.51. The van der Waals surface area contributed by atoms with Crippen molar-refractivity contribution in [3.63, 3.8) is 0 Å². The molecule has 17 heavy (non-hydrogen) atoms. The Hall–Kier alpha value is -1.75. The van der Waals surface area contributed by atoms with E-state index in [-0.39, 0.29) is 12.5 Å². The van der Waals surface area contributed by atoms with Gasteiger partial charge in [-0.3, -0.25) is 4.79 Å². The number of ether oxygens (including phenoxy) is 2. The van der Waals surface area contributed by atoms with Gasteiger partial charge in [-0.1, -0.05) is 0 Å². The van der Waals surface area contributed by atoms with Gasteiger partial charge in [0.05, 0.1) is 20.1 Å². The van der Waals surface area contributed by atoms with Crippen molar-refractivity contribution in [2.24, 2.45) is 5.73 Å². The average Bonchev–Trinajstić information content (AvgIpc) is 2.39. The van der Waals surface area contributed by atoms with Gasteiger partial charge in [0.25, 0.3) is 0 Å². The summed E-state index contributed by atoms with van der Waals surface area (Å²) in [5, 5.41) is 2.59. The van der Waals surface area contributed by atoms with Gasteiger partial charge in [-0.15, -0.1) is 0 Å². The Bertz CT molecular complexity index is 393. The minimum atomic E-state index is -0.440. The summed E-state index contributed by atoms with van der Waals surface area (Å²) in [6.45, 7) is 0.212. The number of rotatable bonds is 5. The Morgan fingerprint density at radius 2 is 2.12 bits per heavy atom. The molecule has 94 valence electrons. The maximum atomic E-state index is 11.7. The van der Waals surface area contributed by atoms with Crippen molar-refractivity contribution in [2.75, 3.05) is 27.8 Å². The van der Waals surface area contributed by atoms with Crippen molar-refractivity contribution >= 4 is 5.91 Å². The summed E-state index contributed by atoms with van der Waals surface area (Å²) in [6, 6.07) is 5.31. The molecular weight excluding hydrogens is 220 g/mol. The van der Waals surface area contributed by atoms with Gasteiger partial charge in [-0.2, -0.15) is 0 Å². The summed E-state index contributed by atoms with van der Waals surface area (Å²) in [7, 11) is 4.71. The number of likely N-dealkylation sites (N-methyl/N-ethyl adjacent to an activating group) is 1. The first-order valence-corrected chi connectivity index (χ1v) is 5.31. The van der Waals surface area contributed by atoms with Gasteiger partial charge in [-0.25, -0.2) is 0 Å². The molecule has 1 aromatic carbocycles. The molecule has 0 aliphatic heterocycles. The van der Waals surface area contributed by atoms with Gasteiger partial charge in [0, 0.05) is 19.2 Å². The molecule has 0 saturated heterocycles. The maximum absolute atomic E-state index is 11.7. The van der Waals surface area contributed by atoms with Crippen LogP contribution in [0, 0.1) is 0 Å². The van der Waals surface area contributed by atoms with Crippen molar-refractivity contribution in [3.8, 4) is 11.5 Å². The number of nitrogens with two attached hydrogens (primary N) is 1. The molecule has 1 atom stereocenters. The predicted molar refractivity (Wildman–Crippen MR) is 65.4 cm³/mol. The van der Waals surface area contributed by atoms with E-state index in [9.17, 15) is 4.79 Å². The Morgan fingerprint density at radius 3 is 2.59 bits per heavy atom. The monoisotopic (exact) mass is 238 g/mol. The first-order valence-electron chi connectivity index (χ1n) is 5.31. The first kappa shape index (κ1) is 13.3. The molecule has 1 unspecified atom stereocenters. The van der Waals surface area contributed by atoms with E-state index in [1.807, 2.05) is 0 Å².